The molecule has 29 heavy (non-hydrogen) atoms. The summed E-state index contributed by atoms with van der Waals surface area (Å²) < 4.78 is 33.4. The molecule has 0 amide bonds. The zero-order valence-corrected chi connectivity index (χ0v) is 16.9. The molecule has 3 nitrogen and oxygen atoms in total. The Kier molecular flexibility index (Phi) is 5.53. The molecule has 0 atom stereocenters. The number of halogens is 2. The van der Waals surface area contributed by atoms with Gasteiger partial charge in [0.05, 0.1) is 0 Å². The van der Waals surface area contributed by atoms with Crippen molar-refractivity contribution in [3.8, 4) is 22.6 Å². The van der Waals surface area contributed by atoms with Crippen molar-refractivity contribution in [1.82, 2.24) is 9.97 Å². The number of aromatic nitrogens is 2. The molecular weight excluding hydrogens is 390 g/mol. The highest BCUT2D eigenvalue weighted by molar-refractivity contribution is 7.98. The van der Waals surface area contributed by atoms with Crippen molar-refractivity contribution in [2.24, 2.45) is 0 Å². The second-order valence-corrected chi connectivity index (χ2v) is 7.97. The van der Waals surface area contributed by atoms with Gasteiger partial charge in [-0.1, -0.05) is 13.0 Å². The SMILES string of the molecule is CCSCc1ccc(Oc2ccc(F)cc2F)c(-c2cc(C)nc3[nH]ccc23)c1. The maximum atomic E-state index is 14.2. The molecule has 0 saturated carbocycles. The van der Waals surface area contributed by atoms with Crippen LogP contribution < -0.4 is 4.74 Å². The summed E-state index contributed by atoms with van der Waals surface area (Å²) >= 11 is 1.83. The van der Waals surface area contributed by atoms with E-state index in [1.165, 1.54) is 12.1 Å². The van der Waals surface area contributed by atoms with E-state index in [1.807, 2.05) is 49.1 Å². The first-order valence-corrected chi connectivity index (χ1v) is 10.5. The minimum Gasteiger partial charge on any atom is -0.454 e. The molecule has 4 rings (SSSR count). The largest absolute Gasteiger partial charge is 0.454 e. The molecule has 2 aromatic heterocycles. The van der Waals surface area contributed by atoms with Crippen LogP contribution in [0.4, 0.5) is 8.78 Å². The van der Waals surface area contributed by atoms with E-state index in [0.717, 1.165) is 51.0 Å². The normalized spacial score (nSPS) is 11.2. The first-order chi connectivity index (χ1) is 14.0. The van der Waals surface area contributed by atoms with Gasteiger partial charge in [0.15, 0.2) is 11.6 Å². The number of nitrogens with zero attached hydrogens (tertiary/aromatic N) is 1. The second kappa shape index (κ2) is 8.25. The van der Waals surface area contributed by atoms with Crippen LogP contribution in [0.2, 0.25) is 0 Å². The molecule has 0 saturated heterocycles. The molecule has 0 spiro atoms. The molecule has 0 aliphatic heterocycles. The van der Waals surface area contributed by atoms with Gasteiger partial charge in [0.1, 0.15) is 17.2 Å². The quantitative estimate of drug-likeness (QED) is 0.377. The summed E-state index contributed by atoms with van der Waals surface area (Å²) in [6.45, 7) is 4.05. The molecule has 6 heteroatoms. The molecule has 0 unspecified atom stereocenters. The zero-order chi connectivity index (χ0) is 20.4. The topological polar surface area (TPSA) is 37.9 Å². The van der Waals surface area contributed by atoms with Gasteiger partial charge in [-0.2, -0.15) is 11.8 Å². The fourth-order valence-electron chi connectivity index (χ4n) is 3.25. The van der Waals surface area contributed by atoms with Crippen molar-refractivity contribution in [3.63, 3.8) is 0 Å². The smallest absolute Gasteiger partial charge is 0.168 e. The summed E-state index contributed by atoms with van der Waals surface area (Å²) in [6, 6.07) is 13.2. The second-order valence-electron chi connectivity index (χ2n) is 6.70. The van der Waals surface area contributed by atoms with Gasteiger partial charge < -0.3 is 9.72 Å². The zero-order valence-electron chi connectivity index (χ0n) is 16.1. The Hall–Kier alpha value is -2.86. The summed E-state index contributed by atoms with van der Waals surface area (Å²) in [4.78, 5) is 7.68. The molecule has 2 aromatic carbocycles. The lowest BCUT2D eigenvalue weighted by molar-refractivity contribution is 0.439. The van der Waals surface area contributed by atoms with E-state index >= 15 is 0 Å². The first-order valence-electron chi connectivity index (χ1n) is 9.34. The molecule has 2 heterocycles. The van der Waals surface area contributed by atoms with Crippen LogP contribution in [0.25, 0.3) is 22.2 Å². The number of aromatic amines is 1. The average molecular weight is 410 g/mol. The summed E-state index contributed by atoms with van der Waals surface area (Å²) in [7, 11) is 0. The third kappa shape index (κ3) is 4.12. The third-order valence-electron chi connectivity index (χ3n) is 4.58. The van der Waals surface area contributed by atoms with Gasteiger partial charge in [0.25, 0.3) is 0 Å². The van der Waals surface area contributed by atoms with Gasteiger partial charge in [-0.3, -0.25) is 0 Å². The van der Waals surface area contributed by atoms with E-state index in [-0.39, 0.29) is 5.75 Å². The maximum Gasteiger partial charge on any atom is 0.168 e. The number of nitrogens with one attached hydrogen (secondary N) is 1. The maximum absolute atomic E-state index is 14.2. The predicted octanol–water partition coefficient (Wildman–Crippen LogP) is 6.86. The summed E-state index contributed by atoms with van der Waals surface area (Å²) in [6.07, 6.45) is 1.84. The van der Waals surface area contributed by atoms with Crippen LogP contribution in [-0.2, 0) is 5.75 Å². The van der Waals surface area contributed by atoms with E-state index in [1.54, 1.807) is 0 Å². The lowest BCUT2D eigenvalue weighted by atomic mass is 9.99. The molecule has 148 valence electrons. The minimum absolute atomic E-state index is 0.0144. The number of hydrogen-bond acceptors (Lipinski definition) is 3. The number of hydrogen-bond donors (Lipinski definition) is 1. The van der Waals surface area contributed by atoms with Crippen LogP contribution in [0.15, 0.2) is 54.7 Å². The van der Waals surface area contributed by atoms with Crippen LogP contribution in [0.1, 0.15) is 18.2 Å². The van der Waals surface area contributed by atoms with E-state index in [9.17, 15) is 8.78 Å². The Bertz CT molecular complexity index is 1170. The Morgan fingerprint density at radius 2 is 1.83 bits per heavy atom. The number of H-pyrrole nitrogens is 1. The van der Waals surface area contributed by atoms with E-state index in [2.05, 4.69) is 23.0 Å². The standard InChI is InChI=1S/C23H20F2N2OS/c1-3-29-13-15-4-6-21(28-22-7-5-16(24)12-20(22)25)19(11-15)18-10-14(2)27-23-17(18)8-9-26-23/h4-12H,3,13H2,1-2H3,(H,26,27). The molecule has 0 radical (unpaired) electrons. The highest BCUT2D eigenvalue weighted by Crippen LogP contribution is 2.39. The van der Waals surface area contributed by atoms with E-state index in [4.69, 9.17) is 4.74 Å². The fraction of sp³-hybridized carbons (Fsp3) is 0.174. The molecule has 0 fully saturated rings. The van der Waals surface area contributed by atoms with Gasteiger partial charge in [-0.05, 0) is 60.2 Å². The number of pyridine rings is 1. The lowest BCUT2D eigenvalue weighted by Crippen LogP contribution is -1.95. The Balaban J connectivity index is 1.86. The monoisotopic (exact) mass is 410 g/mol. The molecular formula is C23H20F2N2OS. The van der Waals surface area contributed by atoms with Crippen LogP contribution in [0.5, 0.6) is 11.5 Å². The van der Waals surface area contributed by atoms with E-state index < -0.39 is 11.6 Å². The van der Waals surface area contributed by atoms with Crippen LogP contribution >= 0.6 is 11.8 Å². The molecule has 4 aromatic rings. The fourth-order valence-corrected chi connectivity index (χ4v) is 3.87. The van der Waals surface area contributed by atoms with Gasteiger partial charge in [0, 0.05) is 34.7 Å². The number of thioether (sulfide) groups is 1. The molecule has 0 aliphatic rings. The first kappa shape index (κ1) is 19.5. The van der Waals surface area contributed by atoms with E-state index in [0.29, 0.717) is 5.75 Å². The summed E-state index contributed by atoms with van der Waals surface area (Å²) in [5.74, 6) is 1.01. The van der Waals surface area contributed by atoms with Crippen molar-refractivity contribution in [2.75, 3.05) is 5.75 Å². The Morgan fingerprint density at radius 1 is 1.00 bits per heavy atom. The van der Waals surface area contributed by atoms with Crippen molar-refractivity contribution in [2.45, 2.75) is 19.6 Å². The highest BCUT2D eigenvalue weighted by Gasteiger charge is 2.16. The number of aryl methyl sites for hydroxylation is 1. The molecule has 0 aliphatic carbocycles. The van der Waals surface area contributed by atoms with Crippen molar-refractivity contribution in [1.29, 1.82) is 0 Å². The van der Waals surface area contributed by atoms with Crippen molar-refractivity contribution >= 4 is 22.8 Å². The Morgan fingerprint density at radius 3 is 2.62 bits per heavy atom. The summed E-state index contributed by atoms with van der Waals surface area (Å²) in [5.41, 5.74) is 4.60. The van der Waals surface area contributed by atoms with Gasteiger partial charge in [0.2, 0.25) is 0 Å². The lowest BCUT2D eigenvalue weighted by Gasteiger charge is -2.15. The minimum atomic E-state index is -0.737. The highest BCUT2D eigenvalue weighted by atomic mass is 32.2. The van der Waals surface area contributed by atoms with Gasteiger partial charge in [-0.15, -0.1) is 0 Å². The number of ether oxygens (including phenoxy) is 1. The van der Waals surface area contributed by atoms with Gasteiger partial charge in [-0.25, -0.2) is 13.8 Å². The Labute approximate surface area is 172 Å². The van der Waals surface area contributed by atoms with Crippen LogP contribution in [-0.4, -0.2) is 15.7 Å². The van der Waals surface area contributed by atoms with Crippen LogP contribution in [0.3, 0.4) is 0 Å². The number of fused-ring (bicyclic) bond motifs is 1. The average Bonchev–Trinajstić information content (AvgIpc) is 3.17. The van der Waals surface area contributed by atoms with Crippen molar-refractivity contribution < 1.29 is 13.5 Å². The van der Waals surface area contributed by atoms with Gasteiger partial charge >= 0.3 is 0 Å². The predicted molar refractivity (Wildman–Crippen MR) is 115 cm³/mol. The number of benzene rings is 2. The third-order valence-corrected chi connectivity index (χ3v) is 5.52. The number of rotatable bonds is 6. The summed E-state index contributed by atoms with van der Waals surface area (Å²) in [5, 5.41) is 0.959. The van der Waals surface area contributed by atoms with Crippen LogP contribution in [0, 0.1) is 18.6 Å². The molecule has 1 N–H and O–H groups in total. The molecule has 0 bridgehead atoms. The van der Waals surface area contributed by atoms with Crippen molar-refractivity contribution in [3.05, 3.63) is 77.6 Å².